The molecule has 0 saturated carbocycles. The molecule has 0 atom stereocenters. The lowest BCUT2D eigenvalue weighted by Crippen LogP contribution is -2.47. The van der Waals surface area contributed by atoms with E-state index in [9.17, 15) is 13.2 Å². The number of nitrogens with zero attached hydrogens (tertiary/aromatic N) is 2. The van der Waals surface area contributed by atoms with Gasteiger partial charge in [-0.3, -0.25) is 4.79 Å². The van der Waals surface area contributed by atoms with Gasteiger partial charge in [0.25, 0.3) is 0 Å². The Balaban J connectivity index is 1.81. The maximum atomic E-state index is 13.0. The molecule has 1 aliphatic heterocycles. The highest BCUT2D eigenvalue weighted by molar-refractivity contribution is 7.89. The number of anilines is 1. The van der Waals surface area contributed by atoms with Gasteiger partial charge < -0.3 is 15.0 Å². The van der Waals surface area contributed by atoms with Gasteiger partial charge in [-0.05, 0) is 43.3 Å². The molecule has 156 valence electrons. The van der Waals surface area contributed by atoms with Gasteiger partial charge in [0.15, 0.2) is 0 Å². The van der Waals surface area contributed by atoms with Crippen LogP contribution in [0.2, 0.25) is 0 Å². The summed E-state index contributed by atoms with van der Waals surface area (Å²) in [4.78, 5) is 14.8. The summed E-state index contributed by atoms with van der Waals surface area (Å²) in [6.07, 6.45) is 0.200. The van der Waals surface area contributed by atoms with Crippen LogP contribution in [0.4, 0.5) is 5.69 Å². The Morgan fingerprint density at radius 1 is 1.10 bits per heavy atom. The second-order valence-corrected chi connectivity index (χ2v) is 9.16. The van der Waals surface area contributed by atoms with Gasteiger partial charge in [0.2, 0.25) is 15.9 Å². The Morgan fingerprint density at radius 3 is 2.45 bits per heavy atom. The molecule has 1 heterocycles. The van der Waals surface area contributed by atoms with Gasteiger partial charge in [-0.1, -0.05) is 24.3 Å². The van der Waals surface area contributed by atoms with Crippen molar-refractivity contribution in [2.45, 2.75) is 18.2 Å². The number of benzene rings is 2. The number of aryl methyl sites for hydroxylation is 1. The van der Waals surface area contributed by atoms with Gasteiger partial charge in [0, 0.05) is 26.2 Å². The molecular formula is C21H27N3O4S. The Bertz CT molecular complexity index is 983. The first-order chi connectivity index (χ1) is 13.8. The monoisotopic (exact) mass is 417 g/mol. The maximum absolute atomic E-state index is 13.0. The maximum Gasteiger partial charge on any atom is 0.243 e. The standard InChI is InChI=1S/C21H27N3O4S/c1-16-6-4-5-7-17(16)14-21(25)22-19-15-18(8-9-20(19)28-3)29(26,27)24-12-10-23(2)11-13-24/h4-9,15H,10-14H2,1-3H3,(H,22,25). The number of piperazine rings is 1. The number of carbonyl (C=O) groups is 1. The highest BCUT2D eigenvalue weighted by Gasteiger charge is 2.28. The van der Waals surface area contributed by atoms with Crippen molar-refractivity contribution in [3.8, 4) is 5.75 Å². The molecular weight excluding hydrogens is 390 g/mol. The van der Waals surface area contributed by atoms with Gasteiger partial charge in [-0.2, -0.15) is 4.31 Å². The molecule has 2 aromatic rings. The number of hydrogen-bond acceptors (Lipinski definition) is 5. The average Bonchev–Trinajstić information content (AvgIpc) is 2.70. The largest absolute Gasteiger partial charge is 0.495 e. The molecule has 7 nitrogen and oxygen atoms in total. The Morgan fingerprint density at radius 2 is 1.79 bits per heavy atom. The normalized spacial score (nSPS) is 15.8. The second kappa shape index (κ2) is 8.94. The van der Waals surface area contributed by atoms with E-state index in [0.29, 0.717) is 37.6 Å². The van der Waals surface area contributed by atoms with Crippen LogP contribution < -0.4 is 10.1 Å². The number of amides is 1. The zero-order chi connectivity index (χ0) is 21.0. The third kappa shape index (κ3) is 4.95. The van der Waals surface area contributed by atoms with Gasteiger partial charge in [0.1, 0.15) is 5.75 Å². The van der Waals surface area contributed by atoms with E-state index in [-0.39, 0.29) is 17.2 Å². The van der Waals surface area contributed by atoms with E-state index in [1.165, 1.54) is 23.5 Å². The number of methoxy groups -OCH3 is 1. The van der Waals surface area contributed by atoms with Gasteiger partial charge in [-0.15, -0.1) is 0 Å². The van der Waals surface area contributed by atoms with Crippen molar-refractivity contribution in [2.75, 3.05) is 45.7 Å². The van der Waals surface area contributed by atoms with Crippen molar-refractivity contribution in [3.05, 3.63) is 53.6 Å². The van der Waals surface area contributed by atoms with Crippen LogP contribution >= 0.6 is 0 Å². The van der Waals surface area contributed by atoms with Crippen LogP contribution in [0.15, 0.2) is 47.4 Å². The molecule has 0 unspecified atom stereocenters. The summed E-state index contributed by atoms with van der Waals surface area (Å²) in [5.74, 6) is 0.187. The summed E-state index contributed by atoms with van der Waals surface area (Å²) in [6.45, 7) is 4.22. The lowest BCUT2D eigenvalue weighted by molar-refractivity contribution is -0.115. The van der Waals surface area contributed by atoms with E-state index in [0.717, 1.165) is 11.1 Å². The number of ether oxygens (including phenoxy) is 1. The highest BCUT2D eigenvalue weighted by atomic mass is 32.2. The SMILES string of the molecule is COc1ccc(S(=O)(=O)N2CCN(C)CC2)cc1NC(=O)Cc1ccccc1C. The molecule has 0 spiro atoms. The molecule has 3 rings (SSSR count). The fourth-order valence-corrected chi connectivity index (χ4v) is 4.75. The predicted octanol–water partition coefficient (Wildman–Crippen LogP) is 2.12. The summed E-state index contributed by atoms with van der Waals surface area (Å²) in [5, 5.41) is 2.80. The smallest absolute Gasteiger partial charge is 0.243 e. The van der Waals surface area contributed by atoms with Crippen LogP contribution in [0.3, 0.4) is 0 Å². The van der Waals surface area contributed by atoms with Gasteiger partial charge in [0.05, 0.1) is 24.1 Å². The second-order valence-electron chi connectivity index (χ2n) is 7.22. The quantitative estimate of drug-likeness (QED) is 0.779. The first-order valence-electron chi connectivity index (χ1n) is 9.52. The Hall–Kier alpha value is -2.42. The Labute approximate surface area is 172 Å². The molecule has 8 heteroatoms. The molecule has 0 radical (unpaired) electrons. The summed E-state index contributed by atoms with van der Waals surface area (Å²) in [5.41, 5.74) is 2.30. The van der Waals surface area contributed by atoms with Crippen LogP contribution in [0, 0.1) is 6.92 Å². The highest BCUT2D eigenvalue weighted by Crippen LogP contribution is 2.29. The fourth-order valence-electron chi connectivity index (χ4n) is 3.30. The van der Waals surface area contributed by atoms with E-state index in [2.05, 4.69) is 10.2 Å². The number of likely N-dealkylation sites (N-methyl/N-ethyl adjacent to an activating group) is 1. The number of hydrogen-bond donors (Lipinski definition) is 1. The molecule has 0 aliphatic carbocycles. The molecule has 29 heavy (non-hydrogen) atoms. The fraction of sp³-hybridized carbons (Fsp3) is 0.381. The van der Waals surface area contributed by atoms with E-state index in [4.69, 9.17) is 4.74 Å². The molecule has 1 amide bonds. The van der Waals surface area contributed by atoms with Crippen LogP contribution in [0.25, 0.3) is 0 Å². The minimum atomic E-state index is -3.63. The lowest BCUT2D eigenvalue weighted by Gasteiger charge is -2.31. The van der Waals surface area contributed by atoms with Crippen LogP contribution in [0.1, 0.15) is 11.1 Å². The van der Waals surface area contributed by atoms with Crippen molar-refractivity contribution in [1.29, 1.82) is 0 Å². The van der Waals surface area contributed by atoms with Crippen LogP contribution in [-0.2, 0) is 21.2 Å². The number of carbonyl (C=O) groups excluding carboxylic acids is 1. The van der Waals surface area contributed by atoms with Crippen molar-refractivity contribution in [2.24, 2.45) is 0 Å². The number of sulfonamides is 1. The third-order valence-corrected chi connectivity index (χ3v) is 7.05. The number of nitrogens with one attached hydrogen (secondary N) is 1. The minimum Gasteiger partial charge on any atom is -0.495 e. The average molecular weight is 418 g/mol. The zero-order valence-corrected chi connectivity index (χ0v) is 17.8. The zero-order valence-electron chi connectivity index (χ0n) is 17.0. The van der Waals surface area contributed by atoms with Crippen molar-refractivity contribution < 1.29 is 17.9 Å². The van der Waals surface area contributed by atoms with Gasteiger partial charge >= 0.3 is 0 Å². The summed E-state index contributed by atoms with van der Waals surface area (Å²) < 4.78 is 32.8. The lowest BCUT2D eigenvalue weighted by atomic mass is 10.1. The van der Waals surface area contributed by atoms with E-state index in [1.54, 1.807) is 6.07 Å². The first-order valence-corrected chi connectivity index (χ1v) is 11.0. The van der Waals surface area contributed by atoms with Gasteiger partial charge in [-0.25, -0.2) is 8.42 Å². The summed E-state index contributed by atoms with van der Waals surface area (Å²) >= 11 is 0. The van der Waals surface area contributed by atoms with Crippen molar-refractivity contribution in [1.82, 2.24) is 9.21 Å². The van der Waals surface area contributed by atoms with E-state index < -0.39 is 10.0 Å². The van der Waals surface area contributed by atoms with E-state index in [1.807, 2.05) is 38.2 Å². The molecule has 1 fully saturated rings. The Kier molecular flexibility index (Phi) is 6.56. The molecule has 1 saturated heterocycles. The molecule has 0 aromatic heterocycles. The molecule has 2 aromatic carbocycles. The first kappa shape index (κ1) is 21.3. The van der Waals surface area contributed by atoms with Crippen LogP contribution in [0.5, 0.6) is 5.75 Å². The summed E-state index contributed by atoms with van der Waals surface area (Å²) in [7, 11) is -0.176. The molecule has 0 bridgehead atoms. The van der Waals surface area contributed by atoms with Crippen molar-refractivity contribution >= 4 is 21.6 Å². The van der Waals surface area contributed by atoms with Crippen LogP contribution in [-0.4, -0.2) is 63.9 Å². The molecule has 1 aliphatic rings. The minimum absolute atomic E-state index is 0.147. The summed E-state index contributed by atoms with van der Waals surface area (Å²) in [6, 6.07) is 12.2. The number of rotatable bonds is 6. The molecule has 1 N–H and O–H groups in total. The topological polar surface area (TPSA) is 79.0 Å². The van der Waals surface area contributed by atoms with E-state index >= 15 is 0 Å². The third-order valence-electron chi connectivity index (χ3n) is 5.16. The predicted molar refractivity (Wildman–Crippen MR) is 113 cm³/mol. The van der Waals surface area contributed by atoms with Crippen molar-refractivity contribution in [3.63, 3.8) is 0 Å².